The molecule has 18 heavy (non-hydrogen) atoms. The van der Waals surface area contributed by atoms with Crippen LogP contribution in [0, 0.1) is 5.41 Å². The number of aliphatic hydroxyl groups is 1. The summed E-state index contributed by atoms with van der Waals surface area (Å²) in [6.07, 6.45) is 1.57. The first-order valence-corrected chi connectivity index (χ1v) is 6.71. The minimum atomic E-state index is -0.632. The average Bonchev–Trinajstić information content (AvgIpc) is 2.40. The van der Waals surface area contributed by atoms with Crippen molar-refractivity contribution in [2.45, 2.75) is 32.3 Å². The van der Waals surface area contributed by atoms with Crippen LogP contribution in [0.3, 0.4) is 0 Å². The lowest BCUT2D eigenvalue weighted by molar-refractivity contribution is -0.0797. The third-order valence-corrected chi connectivity index (χ3v) is 4.48. The maximum Gasteiger partial charge on any atom is 0.0744 e. The van der Waals surface area contributed by atoms with E-state index in [2.05, 4.69) is 43.0 Å². The Balaban J connectivity index is 2.04. The molecule has 0 aromatic heterocycles. The summed E-state index contributed by atoms with van der Waals surface area (Å²) in [4.78, 5) is 2.33. The number of benzene rings is 1. The third kappa shape index (κ3) is 2.38. The second-order valence-electron chi connectivity index (χ2n) is 5.94. The van der Waals surface area contributed by atoms with Crippen LogP contribution in [0.2, 0.25) is 0 Å². The Morgan fingerprint density at radius 1 is 1.22 bits per heavy atom. The molecule has 3 heteroatoms. The van der Waals surface area contributed by atoms with E-state index in [1.165, 1.54) is 5.69 Å². The van der Waals surface area contributed by atoms with Crippen LogP contribution in [-0.4, -0.2) is 30.3 Å². The molecular formula is C15H24N2O. The van der Waals surface area contributed by atoms with Crippen LogP contribution in [-0.2, 0) is 0 Å². The lowest BCUT2D eigenvalue weighted by atomic mass is 9.69. The van der Waals surface area contributed by atoms with Crippen LogP contribution in [0.25, 0.3) is 0 Å². The molecule has 0 spiro atoms. The molecule has 0 aliphatic carbocycles. The number of piperidine rings is 1. The Bertz CT molecular complexity index is 381. The molecule has 0 bridgehead atoms. The molecule has 0 atom stereocenters. The average molecular weight is 248 g/mol. The number of nitrogens with zero attached hydrogens (tertiary/aromatic N) is 1. The largest absolute Gasteiger partial charge is 0.389 e. The number of rotatable bonds is 3. The highest BCUT2D eigenvalue weighted by Crippen LogP contribution is 2.39. The van der Waals surface area contributed by atoms with E-state index >= 15 is 0 Å². The normalized spacial score (nSPS) is 19.9. The van der Waals surface area contributed by atoms with E-state index in [1.807, 2.05) is 6.07 Å². The Hall–Kier alpha value is -1.06. The van der Waals surface area contributed by atoms with E-state index in [0.717, 1.165) is 25.9 Å². The van der Waals surface area contributed by atoms with Crippen LogP contribution < -0.4 is 10.6 Å². The van der Waals surface area contributed by atoms with Crippen LogP contribution in [0.15, 0.2) is 30.3 Å². The smallest absolute Gasteiger partial charge is 0.0744 e. The van der Waals surface area contributed by atoms with Crippen molar-refractivity contribution in [1.82, 2.24) is 0 Å². The van der Waals surface area contributed by atoms with Crippen molar-refractivity contribution in [3.05, 3.63) is 30.3 Å². The SMILES string of the molecule is CC(C)(CN)C1(O)CCN(c2ccccc2)CC1. The van der Waals surface area contributed by atoms with E-state index in [1.54, 1.807) is 0 Å². The molecule has 1 heterocycles. The highest BCUT2D eigenvalue weighted by Gasteiger charge is 2.44. The molecule has 1 aliphatic heterocycles. The fraction of sp³-hybridized carbons (Fsp3) is 0.600. The Morgan fingerprint density at radius 2 is 1.78 bits per heavy atom. The fourth-order valence-electron chi connectivity index (χ4n) is 2.64. The van der Waals surface area contributed by atoms with Crippen LogP contribution in [0.5, 0.6) is 0 Å². The van der Waals surface area contributed by atoms with Gasteiger partial charge in [-0.15, -0.1) is 0 Å². The number of hydrogen-bond donors (Lipinski definition) is 2. The topological polar surface area (TPSA) is 49.5 Å². The molecule has 1 fully saturated rings. The van der Waals surface area contributed by atoms with Gasteiger partial charge in [0.05, 0.1) is 5.60 Å². The maximum absolute atomic E-state index is 10.8. The van der Waals surface area contributed by atoms with Crippen LogP contribution in [0.4, 0.5) is 5.69 Å². The van der Waals surface area contributed by atoms with Gasteiger partial charge in [-0.25, -0.2) is 0 Å². The van der Waals surface area contributed by atoms with Gasteiger partial charge in [-0.1, -0.05) is 32.0 Å². The summed E-state index contributed by atoms with van der Waals surface area (Å²) in [6, 6.07) is 10.4. The number of nitrogens with two attached hydrogens (primary N) is 1. The second kappa shape index (κ2) is 4.90. The summed E-state index contributed by atoms with van der Waals surface area (Å²) in [5.74, 6) is 0. The van der Waals surface area contributed by atoms with E-state index in [0.29, 0.717) is 6.54 Å². The molecule has 1 aromatic rings. The summed E-state index contributed by atoms with van der Waals surface area (Å²) in [7, 11) is 0. The monoisotopic (exact) mass is 248 g/mol. The van der Waals surface area contributed by atoms with E-state index in [4.69, 9.17) is 5.73 Å². The molecule has 1 aliphatic rings. The molecule has 0 saturated carbocycles. The lowest BCUT2D eigenvalue weighted by Crippen LogP contribution is -2.55. The molecule has 2 rings (SSSR count). The van der Waals surface area contributed by atoms with Gasteiger partial charge >= 0.3 is 0 Å². The molecular weight excluding hydrogens is 224 g/mol. The predicted octanol–water partition coefficient (Wildman–Crippen LogP) is 2.00. The Morgan fingerprint density at radius 3 is 2.28 bits per heavy atom. The first-order valence-electron chi connectivity index (χ1n) is 6.71. The maximum atomic E-state index is 10.8. The summed E-state index contributed by atoms with van der Waals surface area (Å²) in [5, 5.41) is 10.8. The third-order valence-electron chi connectivity index (χ3n) is 4.48. The van der Waals surface area contributed by atoms with Gasteiger partial charge in [-0.2, -0.15) is 0 Å². The highest BCUT2D eigenvalue weighted by atomic mass is 16.3. The quantitative estimate of drug-likeness (QED) is 0.860. The van der Waals surface area contributed by atoms with E-state index < -0.39 is 5.60 Å². The van der Waals surface area contributed by atoms with E-state index in [-0.39, 0.29) is 5.41 Å². The summed E-state index contributed by atoms with van der Waals surface area (Å²) in [5.41, 5.74) is 6.19. The minimum Gasteiger partial charge on any atom is -0.389 e. The Labute approximate surface area is 110 Å². The molecule has 3 N–H and O–H groups in total. The van der Waals surface area contributed by atoms with Gasteiger partial charge < -0.3 is 15.7 Å². The summed E-state index contributed by atoms with van der Waals surface area (Å²) < 4.78 is 0. The number of hydrogen-bond acceptors (Lipinski definition) is 3. The van der Waals surface area contributed by atoms with Gasteiger partial charge in [-0.05, 0) is 25.0 Å². The first kappa shape index (κ1) is 13.4. The van der Waals surface area contributed by atoms with Crippen molar-refractivity contribution in [3.8, 4) is 0 Å². The standard InChI is InChI=1S/C15H24N2O/c1-14(2,12-16)15(18)8-10-17(11-9-15)13-6-4-3-5-7-13/h3-7,18H,8-12,16H2,1-2H3. The molecule has 3 nitrogen and oxygen atoms in total. The van der Waals surface area contributed by atoms with Gasteiger partial charge in [0.2, 0.25) is 0 Å². The summed E-state index contributed by atoms with van der Waals surface area (Å²) >= 11 is 0. The fourth-order valence-corrected chi connectivity index (χ4v) is 2.64. The highest BCUT2D eigenvalue weighted by molar-refractivity contribution is 5.46. The molecule has 0 unspecified atom stereocenters. The van der Waals surface area contributed by atoms with Gasteiger partial charge in [0.1, 0.15) is 0 Å². The zero-order valence-corrected chi connectivity index (χ0v) is 11.4. The Kier molecular flexibility index (Phi) is 3.64. The number of para-hydroxylation sites is 1. The van der Waals surface area contributed by atoms with Gasteiger partial charge in [0.25, 0.3) is 0 Å². The van der Waals surface area contributed by atoms with Crippen LogP contribution in [0.1, 0.15) is 26.7 Å². The van der Waals surface area contributed by atoms with Crippen molar-refractivity contribution < 1.29 is 5.11 Å². The second-order valence-corrected chi connectivity index (χ2v) is 5.94. The zero-order chi connectivity index (χ0) is 13.2. The lowest BCUT2D eigenvalue weighted by Gasteiger charge is -2.48. The van der Waals surface area contributed by atoms with Gasteiger partial charge in [-0.3, -0.25) is 0 Å². The van der Waals surface area contributed by atoms with Crippen molar-refractivity contribution in [2.75, 3.05) is 24.5 Å². The zero-order valence-electron chi connectivity index (χ0n) is 11.4. The first-order chi connectivity index (χ1) is 8.48. The van der Waals surface area contributed by atoms with Crippen molar-refractivity contribution in [2.24, 2.45) is 11.1 Å². The number of anilines is 1. The van der Waals surface area contributed by atoms with Gasteiger partial charge in [0, 0.05) is 30.7 Å². The van der Waals surface area contributed by atoms with Crippen molar-refractivity contribution >= 4 is 5.69 Å². The van der Waals surface area contributed by atoms with Crippen LogP contribution >= 0.6 is 0 Å². The minimum absolute atomic E-state index is 0.213. The molecule has 0 amide bonds. The molecule has 0 radical (unpaired) electrons. The molecule has 1 aromatic carbocycles. The predicted molar refractivity (Wildman–Crippen MR) is 75.7 cm³/mol. The summed E-state index contributed by atoms with van der Waals surface area (Å²) in [6.45, 7) is 6.43. The molecule has 1 saturated heterocycles. The van der Waals surface area contributed by atoms with Gasteiger partial charge in [0.15, 0.2) is 0 Å². The van der Waals surface area contributed by atoms with Crippen molar-refractivity contribution in [3.63, 3.8) is 0 Å². The molecule has 100 valence electrons. The van der Waals surface area contributed by atoms with Crippen molar-refractivity contribution in [1.29, 1.82) is 0 Å². The van der Waals surface area contributed by atoms with E-state index in [9.17, 15) is 5.11 Å².